The molecular formula is C18H18N2O. The molecule has 21 heavy (non-hydrogen) atoms. The van der Waals surface area contributed by atoms with Gasteiger partial charge in [0.15, 0.2) is 0 Å². The van der Waals surface area contributed by atoms with E-state index in [-0.39, 0.29) is 0 Å². The quantitative estimate of drug-likeness (QED) is 0.570. The fourth-order valence-corrected chi connectivity index (χ4v) is 2.39. The molecule has 3 aromatic rings. The largest absolute Gasteiger partial charge is 0.491 e. The Hall–Kier alpha value is -2.55. The smallest absolute Gasteiger partial charge is 0.145 e. The van der Waals surface area contributed by atoms with Gasteiger partial charge in [-0.1, -0.05) is 30.3 Å². The summed E-state index contributed by atoms with van der Waals surface area (Å²) in [4.78, 5) is 4.37. The minimum Gasteiger partial charge on any atom is -0.491 e. The van der Waals surface area contributed by atoms with Crippen LogP contribution < -0.4 is 10.5 Å². The van der Waals surface area contributed by atoms with E-state index in [1.807, 2.05) is 30.3 Å². The van der Waals surface area contributed by atoms with Crippen molar-refractivity contribution in [3.8, 4) is 5.75 Å². The molecule has 1 heterocycles. The fraction of sp³-hybridized carbons (Fsp3) is 0.167. The third kappa shape index (κ3) is 3.14. The highest BCUT2D eigenvalue weighted by molar-refractivity contribution is 5.94. The van der Waals surface area contributed by atoms with E-state index in [0.717, 1.165) is 35.2 Å². The van der Waals surface area contributed by atoms with E-state index in [4.69, 9.17) is 10.5 Å². The molecule has 0 atom stereocenters. The van der Waals surface area contributed by atoms with E-state index < -0.39 is 0 Å². The van der Waals surface area contributed by atoms with Crippen molar-refractivity contribution >= 4 is 16.6 Å². The van der Waals surface area contributed by atoms with Gasteiger partial charge in [-0.25, -0.2) is 0 Å². The first kappa shape index (κ1) is 13.4. The molecule has 0 aliphatic rings. The van der Waals surface area contributed by atoms with Gasteiger partial charge in [0.1, 0.15) is 11.3 Å². The van der Waals surface area contributed by atoms with Gasteiger partial charge in [-0.05, 0) is 42.7 Å². The molecule has 106 valence electrons. The Labute approximate surface area is 124 Å². The van der Waals surface area contributed by atoms with Gasteiger partial charge in [0.25, 0.3) is 0 Å². The Balaban J connectivity index is 1.65. The Kier molecular flexibility index (Phi) is 4.01. The van der Waals surface area contributed by atoms with Crippen LogP contribution in [0.3, 0.4) is 0 Å². The minimum absolute atomic E-state index is 0.671. The number of rotatable bonds is 5. The second kappa shape index (κ2) is 6.27. The summed E-state index contributed by atoms with van der Waals surface area (Å²) in [6, 6.07) is 18.1. The third-order valence-electron chi connectivity index (χ3n) is 3.48. The maximum atomic E-state index is 5.96. The molecule has 0 fully saturated rings. The highest BCUT2D eigenvalue weighted by Gasteiger charge is 2.05. The van der Waals surface area contributed by atoms with Crippen LogP contribution >= 0.6 is 0 Å². The number of nitrogen functional groups attached to an aromatic ring is 1. The van der Waals surface area contributed by atoms with Gasteiger partial charge in [-0.15, -0.1) is 0 Å². The molecule has 0 radical (unpaired) electrons. The average Bonchev–Trinajstić information content (AvgIpc) is 2.55. The zero-order chi connectivity index (χ0) is 14.5. The molecule has 0 unspecified atom stereocenters. The van der Waals surface area contributed by atoms with Crippen molar-refractivity contribution in [1.82, 2.24) is 4.98 Å². The first-order valence-corrected chi connectivity index (χ1v) is 7.14. The first-order valence-electron chi connectivity index (χ1n) is 7.14. The second-order valence-corrected chi connectivity index (χ2v) is 4.99. The lowest BCUT2D eigenvalue weighted by atomic mass is 10.1. The van der Waals surface area contributed by atoms with Gasteiger partial charge in [0.2, 0.25) is 0 Å². The van der Waals surface area contributed by atoms with Crippen LogP contribution in [-0.4, -0.2) is 11.6 Å². The topological polar surface area (TPSA) is 48.1 Å². The maximum absolute atomic E-state index is 5.96. The van der Waals surface area contributed by atoms with Crippen molar-refractivity contribution in [1.29, 1.82) is 0 Å². The van der Waals surface area contributed by atoms with Gasteiger partial charge in [0.05, 0.1) is 6.61 Å². The van der Waals surface area contributed by atoms with Crippen LogP contribution in [0.4, 0.5) is 5.69 Å². The number of hydrogen-bond donors (Lipinski definition) is 1. The molecule has 0 amide bonds. The molecule has 0 aliphatic carbocycles. The maximum Gasteiger partial charge on any atom is 0.145 e. The zero-order valence-corrected chi connectivity index (χ0v) is 11.8. The zero-order valence-electron chi connectivity index (χ0n) is 11.8. The molecule has 2 N–H and O–H groups in total. The summed E-state index contributed by atoms with van der Waals surface area (Å²) in [6.45, 7) is 0.671. The molecule has 2 aromatic carbocycles. The van der Waals surface area contributed by atoms with Crippen molar-refractivity contribution in [2.75, 3.05) is 12.3 Å². The van der Waals surface area contributed by atoms with Crippen LogP contribution in [0.15, 0.2) is 60.8 Å². The number of hydrogen-bond acceptors (Lipinski definition) is 3. The van der Waals surface area contributed by atoms with E-state index in [9.17, 15) is 0 Å². The molecule has 0 aliphatic heterocycles. The van der Waals surface area contributed by atoms with Crippen molar-refractivity contribution in [2.24, 2.45) is 0 Å². The van der Waals surface area contributed by atoms with Crippen LogP contribution in [0, 0.1) is 0 Å². The van der Waals surface area contributed by atoms with E-state index >= 15 is 0 Å². The Morgan fingerprint density at radius 3 is 2.67 bits per heavy atom. The number of aromatic nitrogens is 1. The SMILES string of the molecule is Nc1ccc(OCCCc2ccccc2)c2ncccc12. The number of nitrogens with zero attached hydrogens (tertiary/aromatic N) is 1. The van der Waals surface area contributed by atoms with E-state index in [1.165, 1.54) is 5.56 Å². The van der Waals surface area contributed by atoms with Gasteiger partial charge < -0.3 is 10.5 Å². The van der Waals surface area contributed by atoms with Gasteiger partial charge in [-0.2, -0.15) is 0 Å². The van der Waals surface area contributed by atoms with Crippen LogP contribution in [0.5, 0.6) is 5.75 Å². The average molecular weight is 278 g/mol. The van der Waals surface area contributed by atoms with Crippen LogP contribution in [0.1, 0.15) is 12.0 Å². The highest BCUT2D eigenvalue weighted by Crippen LogP contribution is 2.28. The Bertz CT molecular complexity index is 726. The standard InChI is InChI=1S/C18H18N2O/c19-16-10-11-17(18-15(16)9-4-12-20-18)21-13-5-8-14-6-2-1-3-7-14/h1-4,6-7,9-12H,5,8,13,19H2. The van der Waals surface area contributed by atoms with Gasteiger partial charge >= 0.3 is 0 Å². The van der Waals surface area contributed by atoms with Crippen molar-refractivity contribution in [2.45, 2.75) is 12.8 Å². The van der Waals surface area contributed by atoms with E-state index in [0.29, 0.717) is 6.61 Å². The molecule has 0 saturated carbocycles. The lowest BCUT2D eigenvalue weighted by Gasteiger charge is -2.10. The predicted molar refractivity (Wildman–Crippen MR) is 86.4 cm³/mol. The lowest BCUT2D eigenvalue weighted by molar-refractivity contribution is 0.314. The number of benzene rings is 2. The molecule has 3 nitrogen and oxygen atoms in total. The highest BCUT2D eigenvalue weighted by atomic mass is 16.5. The van der Waals surface area contributed by atoms with Crippen LogP contribution in [-0.2, 0) is 6.42 Å². The Morgan fingerprint density at radius 1 is 0.952 bits per heavy atom. The first-order chi connectivity index (χ1) is 10.3. The number of ether oxygens (including phenoxy) is 1. The molecule has 1 aromatic heterocycles. The molecule has 0 spiro atoms. The molecule has 0 saturated heterocycles. The summed E-state index contributed by atoms with van der Waals surface area (Å²) in [6.07, 6.45) is 3.75. The van der Waals surface area contributed by atoms with E-state index in [1.54, 1.807) is 6.20 Å². The van der Waals surface area contributed by atoms with Crippen LogP contribution in [0.2, 0.25) is 0 Å². The fourth-order valence-electron chi connectivity index (χ4n) is 2.39. The summed E-state index contributed by atoms with van der Waals surface area (Å²) < 4.78 is 5.88. The lowest BCUT2D eigenvalue weighted by Crippen LogP contribution is -2.01. The summed E-state index contributed by atoms with van der Waals surface area (Å²) >= 11 is 0. The monoisotopic (exact) mass is 278 g/mol. The normalized spacial score (nSPS) is 10.7. The molecule has 3 heteroatoms. The van der Waals surface area contributed by atoms with Crippen molar-refractivity contribution in [3.63, 3.8) is 0 Å². The summed E-state index contributed by atoms with van der Waals surface area (Å²) in [5, 5.41) is 0.943. The number of nitrogens with two attached hydrogens (primary N) is 1. The van der Waals surface area contributed by atoms with Gasteiger partial charge in [0, 0.05) is 17.3 Å². The summed E-state index contributed by atoms with van der Waals surface area (Å²) in [5.74, 6) is 0.799. The number of pyridine rings is 1. The number of aryl methyl sites for hydroxylation is 1. The Morgan fingerprint density at radius 2 is 1.81 bits per heavy atom. The number of fused-ring (bicyclic) bond motifs is 1. The number of anilines is 1. The van der Waals surface area contributed by atoms with Crippen molar-refractivity contribution < 1.29 is 4.74 Å². The molecule has 3 rings (SSSR count). The van der Waals surface area contributed by atoms with E-state index in [2.05, 4.69) is 29.2 Å². The third-order valence-corrected chi connectivity index (χ3v) is 3.48. The van der Waals surface area contributed by atoms with Crippen molar-refractivity contribution in [3.05, 3.63) is 66.4 Å². The molecular weight excluding hydrogens is 260 g/mol. The summed E-state index contributed by atoms with van der Waals surface area (Å²) in [5.41, 5.74) is 8.86. The minimum atomic E-state index is 0.671. The summed E-state index contributed by atoms with van der Waals surface area (Å²) in [7, 11) is 0. The van der Waals surface area contributed by atoms with Gasteiger partial charge in [-0.3, -0.25) is 4.98 Å². The predicted octanol–water partition coefficient (Wildman–Crippen LogP) is 3.83. The second-order valence-electron chi connectivity index (χ2n) is 4.99. The molecule has 0 bridgehead atoms. The van der Waals surface area contributed by atoms with Crippen LogP contribution in [0.25, 0.3) is 10.9 Å².